The molecule has 0 atom stereocenters. The Morgan fingerprint density at radius 1 is 1.61 bits per heavy atom. The fourth-order valence-electron chi connectivity index (χ4n) is 1.35. The molecule has 0 unspecified atom stereocenters. The van der Waals surface area contributed by atoms with Crippen LogP contribution in [0.1, 0.15) is 12.6 Å². The summed E-state index contributed by atoms with van der Waals surface area (Å²) < 4.78 is 1.48. The van der Waals surface area contributed by atoms with E-state index in [9.17, 15) is 4.79 Å². The van der Waals surface area contributed by atoms with Crippen molar-refractivity contribution in [1.82, 2.24) is 19.7 Å². The second-order valence-electron chi connectivity index (χ2n) is 3.36. The fraction of sp³-hybridized carbons (Fsp3) is 0.200. The van der Waals surface area contributed by atoms with Crippen molar-refractivity contribution in [2.75, 3.05) is 5.73 Å². The van der Waals surface area contributed by atoms with Crippen molar-refractivity contribution < 1.29 is 0 Å². The molecule has 0 aromatic carbocycles. The van der Waals surface area contributed by atoms with Crippen LogP contribution in [0.5, 0.6) is 0 Å². The van der Waals surface area contributed by atoms with Gasteiger partial charge in [-0.2, -0.15) is 5.26 Å². The maximum Gasteiger partial charge on any atom is 0.343 e. The summed E-state index contributed by atoms with van der Waals surface area (Å²) in [5, 5.41) is 16.2. The van der Waals surface area contributed by atoms with E-state index in [1.807, 2.05) is 13.0 Å². The summed E-state index contributed by atoms with van der Waals surface area (Å²) in [6.45, 7) is 2.36. The highest BCUT2D eigenvalue weighted by atomic mass is 32.2. The van der Waals surface area contributed by atoms with Gasteiger partial charge in [-0.05, 0) is 30.8 Å². The predicted octanol–water partition coefficient (Wildman–Crippen LogP) is 0.591. The first-order valence-electron chi connectivity index (χ1n) is 5.15. The van der Waals surface area contributed by atoms with Gasteiger partial charge in [-0.1, -0.05) is 0 Å². The van der Waals surface area contributed by atoms with Crippen molar-refractivity contribution in [3.63, 3.8) is 0 Å². The Hall–Kier alpha value is -2.27. The van der Waals surface area contributed by atoms with Gasteiger partial charge in [0.1, 0.15) is 11.1 Å². The number of nitrogen functional groups attached to an aromatic ring is 1. The van der Waals surface area contributed by atoms with Crippen molar-refractivity contribution in [2.24, 2.45) is 0 Å². The van der Waals surface area contributed by atoms with Gasteiger partial charge in [0, 0.05) is 6.54 Å². The van der Waals surface area contributed by atoms with Gasteiger partial charge in [0.05, 0.1) is 5.69 Å². The predicted molar refractivity (Wildman–Crippen MR) is 66.0 cm³/mol. The topological polar surface area (TPSA) is 113 Å². The molecule has 0 aliphatic heterocycles. The molecule has 92 valence electrons. The highest BCUT2D eigenvalue weighted by molar-refractivity contribution is 7.99. The third-order valence-corrected chi connectivity index (χ3v) is 3.17. The first kappa shape index (κ1) is 12.2. The number of nitrogens with zero attached hydrogens (tertiary/aromatic N) is 4. The molecule has 0 saturated carbocycles. The van der Waals surface area contributed by atoms with Gasteiger partial charge in [0.15, 0.2) is 10.9 Å². The van der Waals surface area contributed by atoms with E-state index >= 15 is 0 Å². The van der Waals surface area contributed by atoms with Gasteiger partial charge in [-0.15, -0.1) is 5.10 Å². The summed E-state index contributed by atoms with van der Waals surface area (Å²) in [6.07, 6.45) is 0. The molecule has 0 amide bonds. The zero-order valence-electron chi connectivity index (χ0n) is 9.54. The third kappa shape index (κ3) is 2.21. The van der Waals surface area contributed by atoms with E-state index in [2.05, 4.69) is 15.2 Å². The average molecular weight is 262 g/mol. The molecule has 2 aromatic heterocycles. The van der Waals surface area contributed by atoms with Crippen molar-refractivity contribution in [3.05, 3.63) is 28.3 Å². The Kier molecular flexibility index (Phi) is 3.34. The highest BCUT2D eigenvalue weighted by Gasteiger charge is 2.10. The summed E-state index contributed by atoms with van der Waals surface area (Å²) in [7, 11) is 0. The molecule has 2 aromatic rings. The minimum atomic E-state index is -0.268. The van der Waals surface area contributed by atoms with Crippen LogP contribution >= 0.6 is 11.8 Å². The van der Waals surface area contributed by atoms with E-state index in [0.29, 0.717) is 22.4 Å². The largest absolute Gasteiger partial charge is 0.396 e. The smallest absolute Gasteiger partial charge is 0.343 e. The molecule has 0 saturated heterocycles. The number of aromatic amines is 1. The normalized spacial score (nSPS) is 10.2. The van der Waals surface area contributed by atoms with Crippen LogP contribution in [-0.4, -0.2) is 19.7 Å². The molecule has 0 fully saturated rings. The van der Waals surface area contributed by atoms with Gasteiger partial charge >= 0.3 is 5.69 Å². The van der Waals surface area contributed by atoms with Crippen LogP contribution in [0.25, 0.3) is 0 Å². The number of nitrogens with two attached hydrogens (primary N) is 1. The van der Waals surface area contributed by atoms with Gasteiger partial charge in [-0.25, -0.2) is 14.9 Å². The van der Waals surface area contributed by atoms with Crippen LogP contribution < -0.4 is 11.4 Å². The molecule has 8 heteroatoms. The van der Waals surface area contributed by atoms with Gasteiger partial charge in [0.2, 0.25) is 0 Å². The van der Waals surface area contributed by atoms with E-state index in [0.717, 1.165) is 0 Å². The van der Waals surface area contributed by atoms with Crippen molar-refractivity contribution in [3.8, 4) is 6.07 Å². The summed E-state index contributed by atoms with van der Waals surface area (Å²) in [5.74, 6) is 0. The van der Waals surface area contributed by atoms with E-state index in [4.69, 9.17) is 11.0 Å². The molecular formula is C10H10N6OS. The van der Waals surface area contributed by atoms with Crippen molar-refractivity contribution in [2.45, 2.75) is 23.7 Å². The zero-order chi connectivity index (χ0) is 13.1. The lowest BCUT2D eigenvalue weighted by Gasteiger charge is -2.02. The Balaban J connectivity index is 2.35. The molecule has 18 heavy (non-hydrogen) atoms. The number of nitrogens with one attached hydrogen (secondary N) is 1. The van der Waals surface area contributed by atoms with E-state index in [-0.39, 0.29) is 11.4 Å². The molecular weight excluding hydrogens is 252 g/mol. The summed E-state index contributed by atoms with van der Waals surface area (Å²) in [4.78, 5) is 15.5. The lowest BCUT2D eigenvalue weighted by Crippen LogP contribution is -2.16. The number of hydrogen-bond donors (Lipinski definition) is 2. The molecule has 0 bridgehead atoms. The Labute approximate surface area is 107 Å². The Bertz CT molecular complexity index is 668. The molecule has 0 aliphatic rings. The number of H-pyrrole nitrogens is 1. The van der Waals surface area contributed by atoms with Gasteiger partial charge < -0.3 is 5.73 Å². The van der Waals surface area contributed by atoms with Crippen molar-refractivity contribution >= 4 is 17.4 Å². The summed E-state index contributed by atoms with van der Waals surface area (Å²) in [5.41, 5.74) is 5.81. The minimum Gasteiger partial charge on any atom is -0.396 e. The second kappa shape index (κ2) is 4.93. The van der Waals surface area contributed by atoms with E-state index in [1.54, 1.807) is 12.1 Å². The van der Waals surface area contributed by atoms with Gasteiger partial charge in [-0.3, -0.25) is 4.57 Å². The van der Waals surface area contributed by atoms with Crippen LogP contribution in [0.4, 0.5) is 5.69 Å². The molecule has 2 heterocycles. The third-order valence-electron chi connectivity index (χ3n) is 2.24. The number of rotatable bonds is 3. The lowest BCUT2D eigenvalue weighted by molar-refractivity contribution is 0.660. The highest BCUT2D eigenvalue weighted by Crippen LogP contribution is 2.24. The number of aromatic nitrogens is 4. The maximum atomic E-state index is 11.4. The Morgan fingerprint density at radius 2 is 2.39 bits per heavy atom. The minimum absolute atomic E-state index is 0.168. The quantitative estimate of drug-likeness (QED) is 0.837. The standard InChI is InChI=1S/C10H10N6OS/c1-2-16-9(17)14-15-10(16)18-8-4-3-6(12)7(5-11)13-8/h3-4H,2,12H2,1H3,(H,14,17). The molecule has 0 spiro atoms. The monoisotopic (exact) mass is 262 g/mol. The molecule has 0 aliphatic carbocycles. The number of pyridine rings is 1. The summed E-state index contributed by atoms with van der Waals surface area (Å²) in [6, 6.07) is 5.20. The number of anilines is 1. The Morgan fingerprint density at radius 3 is 3.06 bits per heavy atom. The average Bonchev–Trinajstić information content (AvgIpc) is 2.72. The van der Waals surface area contributed by atoms with E-state index < -0.39 is 0 Å². The maximum absolute atomic E-state index is 11.4. The zero-order valence-corrected chi connectivity index (χ0v) is 10.4. The fourth-order valence-corrected chi connectivity index (χ4v) is 2.23. The van der Waals surface area contributed by atoms with Gasteiger partial charge in [0.25, 0.3) is 0 Å². The summed E-state index contributed by atoms with van der Waals surface area (Å²) >= 11 is 1.20. The van der Waals surface area contributed by atoms with Crippen LogP contribution in [0, 0.1) is 11.3 Å². The molecule has 3 N–H and O–H groups in total. The van der Waals surface area contributed by atoms with Crippen LogP contribution in [0.2, 0.25) is 0 Å². The first-order chi connectivity index (χ1) is 8.65. The lowest BCUT2D eigenvalue weighted by atomic mass is 10.3. The van der Waals surface area contributed by atoms with Crippen molar-refractivity contribution in [1.29, 1.82) is 5.26 Å². The molecule has 0 radical (unpaired) electrons. The molecule has 2 rings (SSSR count). The van der Waals surface area contributed by atoms with Crippen LogP contribution in [-0.2, 0) is 6.54 Å². The van der Waals surface area contributed by atoms with E-state index in [1.165, 1.54) is 16.3 Å². The first-order valence-corrected chi connectivity index (χ1v) is 5.97. The number of nitriles is 1. The second-order valence-corrected chi connectivity index (χ2v) is 4.34. The number of hydrogen-bond acceptors (Lipinski definition) is 6. The SMILES string of the molecule is CCn1c(Sc2ccc(N)c(C#N)n2)n[nH]c1=O. The van der Waals surface area contributed by atoms with Crippen LogP contribution in [0.15, 0.2) is 27.1 Å². The molecule has 7 nitrogen and oxygen atoms in total. The van der Waals surface area contributed by atoms with Crippen LogP contribution in [0.3, 0.4) is 0 Å².